The van der Waals surface area contributed by atoms with Gasteiger partial charge in [-0.25, -0.2) is 15.0 Å². The molecule has 0 amide bonds. The molecule has 4 rings (SSSR count). The fraction of sp³-hybridized carbons (Fsp3) is 0.333. The van der Waals surface area contributed by atoms with Crippen molar-refractivity contribution in [3.63, 3.8) is 0 Å². The third-order valence-electron chi connectivity index (χ3n) is 4.08. The van der Waals surface area contributed by atoms with E-state index in [1.54, 1.807) is 6.07 Å². The van der Waals surface area contributed by atoms with Crippen LogP contribution in [0.3, 0.4) is 0 Å². The Hall–Kier alpha value is -2.70. The molecular weight excluding hydrogens is 278 g/mol. The highest BCUT2D eigenvalue weighted by Gasteiger charge is 2.16. The number of aryl methyl sites for hydroxylation is 1. The molecule has 0 atom stereocenters. The molecule has 0 unspecified atom stereocenters. The number of hydrogen-bond acceptors (Lipinski definition) is 6. The zero-order chi connectivity index (χ0) is 14.9. The van der Waals surface area contributed by atoms with E-state index in [9.17, 15) is 0 Å². The van der Waals surface area contributed by atoms with Crippen LogP contribution in [0.5, 0.6) is 0 Å². The second kappa shape index (κ2) is 5.25. The average Bonchev–Trinajstić information content (AvgIpc) is 2.96. The SMILES string of the molecule is Nc1ccc2c(NCc3n[nH]c4c3CCCC4)ncnc2n1. The summed E-state index contributed by atoms with van der Waals surface area (Å²) in [6, 6.07) is 3.65. The van der Waals surface area contributed by atoms with Crippen LogP contribution in [0.25, 0.3) is 11.0 Å². The van der Waals surface area contributed by atoms with Gasteiger partial charge in [0.05, 0.1) is 17.6 Å². The monoisotopic (exact) mass is 295 g/mol. The van der Waals surface area contributed by atoms with Crippen LogP contribution in [-0.2, 0) is 19.4 Å². The zero-order valence-corrected chi connectivity index (χ0v) is 12.1. The Balaban J connectivity index is 1.60. The molecule has 3 aromatic heterocycles. The first kappa shape index (κ1) is 13.0. The lowest BCUT2D eigenvalue weighted by atomic mass is 9.96. The molecule has 7 nitrogen and oxygen atoms in total. The number of nitrogens with one attached hydrogen (secondary N) is 2. The summed E-state index contributed by atoms with van der Waals surface area (Å²) in [7, 11) is 0. The number of H-pyrrole nitrogens is 1. The van der Waals surface area contributed by atoms with Gasteiger partial charge >= 0.3 is 0 Å². The van der Waals surface area contributed by atoms with Crippen molar-refractivity contribution in [2.24, 2.45) is 0 Å². The Morgan fingerprint density at radius 3 is 3.05 bits per heavy atom. The first-order valence-corrected chi connectivity index (χ1v) is 7.47. The molecule has 4 N–H and O–H groups in total. The van der Waals surface area contributed by atoms with E-state index in [0.29, 0.717) is 18.0 Å². The first-order valence-electron chi connectivity index (χ1n) is 7.47. The quantitative estimate of drug-likeness (QED) is 0.680. The Labute approximate surface area is 127 Å². The number of nitrogen functional groups attached to an aromatic ring is 1. The average molecular weight is 295 g/mol. The highest BCUT2D eigenvalue weighted by molar-refractivity contribution is 5.86. The Kier molecular flexibility index (Phi) is 3.10. The van der Waals surface area contributed by atoms with Gasteiger partial charge in [-0.3, -0.25) is 5.10 Å². The molecule has 22 heavy (non-hydrogen) atoms. The van der Waals surface area contributed by atoms with Crippen molar-refractivity contribution in [3.8, 4) is 0 Å². The van der Waals surface area contributed by atoms with Crippen molar-refractivity contribution < 1.29 is 0 Å². The van der Waals surface area contributed by atoms with E-state index in [-0.39, 0.29) is 0 Å². The molecule has 0 radical (unpaired) electrons. The highest BCUT2D eigenvalue weighted by Crippen LogP contribution is 2.24. The van der Waals surface area contributed by atoms with Crippen LogP contribution < -0.4 is 11.1 Å². The van der Waals surface area contributed by atoms with Gasteiger partial charge in [0.15, 0.2) is 5.65 Å². The van der Waals surface area contributed by atoms with Crippen molar-refractivity contribution in [1.29, 1.82) is 0 Å². The number of hydrogen-bond donors (Lipinski definition) is 3. The Morgan fingerprint density at radius 1 is 1.18 bits per heavy atom. The van der Waals surface area contributed by atoms with Gasteiger partial charge in [0.2, 0.25) is 0 Å². The number of nitrogens with zero attached hydrogens (tertiary/aromatic N) is 4. The fourth-order valence-electron chi connectivity index (χ4n) is 2.96. The van der Waals surface area contributed by atoms with Gasteiger partial charge in [-0.15, -0.1) is 0 Å². The molecule has 1 aliphatic rings. The maximum Gasteiger partial charge on any atom is 0.166 e. The van der Waals surface area contributed by atoms with E-state index in [1.807, 2.05) is 6.07 Å². The minimum absolute atomic E-state index is 0.457. The minimum atomic E-state index is 0.457. The predicted octanol–water partition coefficient (Wildman–Crippen LogP) is 1.82. The second-order valence-corrected chi connectivity index (χ2v) is 5.52. The van der Waals surface area contributed by atoms with E-state index in [0.717, 1.165) is 29.7 Å². The third-order valence-corrected chi connectivity index (χ3v) is 4.08. The molecule has 3 aromatic rings. The topological polar surface area (TPSA) is 105 Å². The smallest absolute Gasteiger partial charge is 0.166 e. The van der Waals surface area contributed by atoms with Gasteiger partial charge in [-0.05, 0) is 43.4 Å². The summed E-state index contributed by atoms with van der Waals surface area (Å²) in [5.74, 6) is 1.21. The van der Waals surface area contributed by atoms with Crippen LogP contribution in [0.2, 0.25) is 0 Å². The fourth-order valence-corrected chi connectivity index (χ4v) is 2.96. The van der Waals surface area contributed by atoms with Crippen molar-refractivity contribution in [2.75, 3.05) is 11.1 Å². The molecule has 112 valence electrons. The Morgan fingerprint density at radius 2 is 2.09 bits per heavy atom. The summed E-state index contributed by atoms with van der Waals surface area (Å²) in [5.41, 5.74) is 10.0. The maximum atomic E-state index is 5.70. The molecule has 7 heteroatoms. The van der Waals surface area contributed by atoms with Crippen LogP contribution in [0.4, 0.5) is 11.6 Å². The summed E-state index contributed by atoms with van der Waals surface area (Å²) in [4.78, 5) is 12.7. The van der Waals surface area contributed by atoms with Crippen molar-refractivity contribution in [1.82, 2.24) is 25.1 Å². The van der Waals surface area contributed by atoms with E-state index < -0.39 is 0 Å². The van der Waals surface area contributed by atoms with Gasteiger partial charge in [-0.2, -0.15) is 5.10 Å². The summed E-state index contributed by atoms with van der Waals surface area (Å²) in [6.45, 7) is 0.641. The number of nitrogens with two attached hydrogens (primary N) is 1. The number of aromatic amines is 1. The summed E-state index contributed by atoms with van der Waals surface area (Å²) >= 11 is 0. The lowest BCUT2D eigenvalue weighted by Gasteiger charge is -2.12. The van der Waals surface area contributed by atoms with Gasteiger partial charge in [0.1, 0.15) is 18.0 Å². The minimum Gasteiger partial charge on any atom is -0.384 e. The van der Waals surface area contributed by atoms with Crippen molar-refractivity contribution in [2.45, 2.75) is 32.2 Å². The van der Waals surface area contributed by atoms with E-state index in [2.05, 4.69) is 30.5 Å². The number of rotatable bonds is 3. The first-order chi connectivity index (χ1) is 10.8. The van der Waals surface area contributed by atoms with E-state index in [4.69, 9.17) is 5.73 Å². The number of anilines is 2. The van der Waals surface area contributed by atoms with Gasteiger partial charge in [0.25, 0.3) is 0 Å². The summed E-state index contributed by atoms with van der Waals surface area (Å²) < 4.78 is 0. The second-order valence-electron chi connectivity index (χ2n) is 5.52. The number of aromatic nitrogens is 5. The normalized spacial score (nSPS) is 14.0. The standard InChI is InChI=1S/C15H17N7/c16-13-6-5-10-14(18-8-19-15(10)20-13)17-7-12-9-3-1-2-4-11(9)21-22-12/h5-6,8H,1-4,7H2,(H,21,22)(H3,16,17,18,19,20). The van der Waals surface area contributed by atoms with Crippen LogP contribution in [0.1, 0.15) is 29.8 Å². The van der Waals surface area contributed by atoms with Crippen LogP contribution in [0, 0.1) is 0 Å². The third kappa shape index (κ3) is 2.24. The molecule has 3 heterocycles. The van der Waals surface area contributed by atoms with Crippen molar-refractivity contribution in [3.05, 3.63) is 35.4 Å². The highest BCUT2D eigenvalue weighted by atomic mass is 15.1. The summed E-state index contributed by atoms with van der Waals surface area (Å²) in [6.07, 6.45) is 6.18. The maximum absolute atomic E-state index is 5.70. The molecule has 0 fully saturated rings. The van der Waals surface area contributed by atoms with Crippen LogP contribution in [-0.4, -0.2) is 25.1 Å². The molecule has 0 saturated heterocycles. The molecule has 1 aliphatic carbocycles. The molecule has 0 aliphatic heterocycles. The van der Waals surface area contributed by atoms with E-state index in [1.165, 1.54) is 30.4 Å². The van der Waals surface area contributed by atoms with Crippen molar-refractivity contribution >= 4 is 22.7 Å². The van der Waals surface area contributed by atoms with Gasteiger partial charge in [0, 0.05) is 5.69 Å². The molecule has 0 spiro atoms. The Bertz CT molecular complexity index is 824. The molecular formula is C15H17N7. The summed E-state index contributed by atoms with van der Waals surface area (Å²) in [5, 5.41) is 11.8. The van der Waals surface area contributed by atoms with Gasteiger partial charge < -0.3 is 11.1 Å². The molecule has 0 aromatic carbocycles. The largest absolute Gasteiger partial charge is 0.384 e. The number of pyridine rings is 1. The van der Waals surface area contributed by atoms with Crippen LogP contribution in [0.15, 0.2) is 18.5 Å². The lowest BCUT2D eigenvalue weighted by molar-refractivity contribution is 0.672. The van der Waals surface area contributed by atoms with Crippen LogP contribution >= 0.6 is 0 Å². The number of fused-ring (bicyclic) bond motifs is 2. The predicted molar refractivity (Wildman–Crippen MR) is 84.3 cm³/mol. The molecule has 0 bridgehead atoms. The zero-order valence-electron chi connectivity index (χ0n) is 12.1. The molecule has 0 saturated carbocycles. The lowest BCUT2D eigenvalue weighted by Crippen LogP contribution is -2.07. The van der Waals surface area contributed by atoms with E-state index >= 15 is 0 Å². The van der Waals surface area contributed by atoms with Gasteiger partial charge in [-0.1, -0.05) is 0 Å².